The van der Waals surface area contributed by atoms with Crippen LogP contribution in [0.2, 0.25) is 0 Å². The maximum atomic E-state index is 13.6. The van der Waals surface area contributed by atoms with Crippen molar-refractivity contribution in [2.45, 2.75) is 31.1 Å². The van der Waals surface area contributed by atoms with Gasteiger partial charge in [0.15, 0.2) is 0 Å². The number of aryl methyl sites for hydroxylation is 1. The summed E-state index contributed by atoms with van der Waals surface area (Å²) in [5.41, 5.74) is 3.25. The topological polar surface area (TPSA) is 144 Å². The maximum absolute atomic E-state index is 13.6. The minimum atomic E-state index is -1.41. The van der Waals surface area contributed by atoms with E-state index >= 15 is 0 Å². The van der Waals surface area contributed by atoms with Crippen LogP contribution >= 0.6 is 0 Å². The molecule has 2 aromatic heterocycles. The van der Waals surface area contributed by atoms with E-state index in [1.165, 1.54) is 5.56 Å². The zero-order chi connectivity index (χ0) is 28.0. The number of benzene rings is 2. The molecule has 11 heteroatoms. The van der Waals surface area contributed by atoms with Gasteiger partial charge >= 0.3 is 0 Å². The Balaban J connectivity index is 0.00000387. The summed E-state index contributed by atoms with van der Waals surface area (Å²) < 4.78 is 15.5. The number of nitrogens with zero attached hydrogens (tertiary/aromatic N) is 4. The van der Waals surface area contributed by atoms with Gasteiger partial charge in [0.25, 0.3) is 0 Å². The highest BCUT2D eigenvalue weighted by molar-refractivity contribution is 7.82. The van der Waals surface area contributed by atoms with Gasteiger partial charge in [-0.2, -0.15) is 4.98 Å². The maximum Gasteiger partial charge on any atom is 0.229 e. The first kappa shape index (κ1) is 29.8. The van der Waals surface area contributed by atoms with E-state index in [1.54, 1.807) is 25.6 Å². The molecule has 1 aliphatic heterocycles. The lowest BCUT2D eigenvalue weighted by molar-refractivity contribution is -0.132. The van der Waals surface area contributed by atoms with Crippen LogP contribution in [0.4, 0.5) is 23.1 Å². The summed E-state index contributed by atoms with van der Waals surface area (Å²) in [6.45, 7) is 3.11. The zero-order valence-electron chi connectivity index (χ0n) is 23.1. The monoisotopic (exact) mass is 573 g/mol. The highest BCUT2D eigenvalue weighted by Crippen LogP contribution is 2.35. The number of nitrogens with one attached hydrogen (secondary N) is 3. The summed E-state index contributed by atoms with van der Waals surface area (Å²) in [4.78, 5) is 26.8. The highest BCUT2D eigenvalue weighted by atomic mass is 32.2. The van der Waals surface area contributed by atoms with E-state index in [9.17, 15) is 9.00 Å². The van der Waals surface area contributed by atoms with Gasteiger partial charge in [-0.15, -0.1) is 0 Å². The molecule has 2 aromatic carbocycles. The largest absolute Gasteiger partial charge is 0.412 e. The number of piperidine rings is 1. The molecular weight excluding hydrogens is 538 g/mol. The first-order chi connectivity index (χ1) is 19.4. The molecule has 1 fully saturated rings. The van der Waals surface area contributed by atoms with Crippen molar-refractivity contribution in [2.75, 3.05) is 30.8 Å². The Labute approximate surface area is 242 Å². The minimum Gasteiger partial charge on any atom is -0.412 e. The van der Waals surface area contributed by atoms with E-state index in [0.29, 0.717) is 36.2 Å². The van der Waals surface area contributed by atoms with Gasteiger partial charge in [0.1, 0.15) is 16.8 Å². The number of pyridine rings is 1. The molecule has 2 unspecified atom stereocenters. The van der Waals surface area contributed by atoms with Gasteiger partial charge in [0.05, 0.1) is 10.3 Å². The number of hydrogen-bond acceptors (Lipinski definition) is 7. The third kappa shape index (κ3) is 7.31. The molecule has 1 amide bonds. The van der Waals surface area contributed by atoms with Crippen molar-refractivity contribution in [2.24, 2.45) is 5.41 Å². The van der Waals surface area contributed by atoms with Crippen molar-refractivity contribution < 1.29 is 14.5 Å². The molecule has 3 heterocycles. The fourth-order valence-electron chi connectivity index (χ4n) is 5.01. The van der Waals surface area contributed by atoms with Gasteiger partial charge in [-0.25, -0.2) is 13.5 Å². The molecule has 5 rings (SSSR count). The molecule has 5 N–H and O–H groups in total. The lowest BCUT2D eigenvalue weighted by Gasteiger charge is -2.40. The molecule has 41 heavy (non-hydrogen) atoms. The van der Waals surface area contributed by atoms with Gasteiger partial charge in [-0.05, 0) is 80.3 Å². The standard InChI is InChI=1S/C30H33N7O2S.H2O/c1-22-6-8-24(9-7-22)34-27-14-17-33-29(36-27)35-25-10-12-26(13-11-25)40(39)37-18-4-15-30(21-37,28(38)31-2)19-23-5-3-16-32-20-23;/h3,5-14,16-17,20H,4,15,18-19,21H2,1-2H3,(H,31,38)(H2,33,34,35,36);1H2. The number of aromatic nitrogens is 3. The van der Waals surface area contributed by atoms with E-state index in [2.05, 4.69) is 30.9 Å². The van der Waals surface area contributed by atoms with Crippen LogP contribution in [-0.2, 0) is 22.2 Å². The van der Waals surface area contributed by atoms with Crippen LogP contribution in [0.3, 0.4) is 0 Å². The second kappa shape index (κ2) is 13.4. The van der Waals surface area contributed by atoms with Crippen LogP contribution < -0.4 is 16.0 Å². The van der Waals surface area contributed by atoms with Gasteiger partial charge in [-0.3, -0.25) is 9.78 Å². The van der Waals surface area contributed by atoms with E-state index in [-0.39, 0.29) is 11.4 Å². The molecule has 0 aliphatic carbocycles. The molecule has 214 valence electrons. The quantitative estimate of drug-likeness (QED) is 0.275. The Morgan fingerprint density at radius 2 is 1.73 bits per heavy atom. The number of carbonyl (C=O) groups is 1. The van der Waals surface area contributed by atoms with Crippen molar-refractivity contribution >= 4 is 40.0 Å². The van der Waals surface area contributed by atoms with Crippen molar-refractivity contribution in [3.05, 3.63) is 96.4 Å². The first-order valence-electron chi connectivity index (χ1n) is 13.3. The minimum absolute atomic E-state index is 0. The van der Waals surface area contributed by atoms with Gasteiger partial charge in [0, 0.05) is 50.1 Å². The van der Waals surface area contributed by atoms with Crippen LogP contribution in [-0.4, -0.2) is 55.0 Å². The molecular formula is C30H35N7O3S. The average Bonchev–Trinajstić information content (AvgIpc) is 2.99. The SMILES string of the molecule is CNC(=O)C1(Cc2cccnc2)CCCN(S(=O)c2ccc(Nc3nccc(Nc4ccc(C)cc4)n3)cc2)C1.O. The highest BCUT2D eigenvalue weighted by Gasteiger charge is 2.43. The van der Waals surface area contributed by atoms with Gasteiger partial charge in [-0.1, -0.05) is 23.8 Å². The van der Waals surface area contributed by atoms with Crippen molar-refractivity contribution in [1.29, 1.82) is 0 Å². The predicted octanol–water partition coefficient (Wildman–Crippen LogP) is 3.94. The Bertz CT molecular complexity index is 1470. The average molecular weight is 574 g/mol. The lowest BCUT2D eigenvalue weighted by Crippen LogP contribution is -2.52. The molecule has 0 bridgehead atoms. The molecule has 10 nitrogen and oxygen atoms in total. The molecule has 1 saturated heterocycles. The fraction of sp³-hybridized carbons (Fsp3) is 0.267. The Morgan fingerprint density at radius 1 is 1.00 bits per heavy atom. The van der Waals surface area contributed by atoms with Crippen LogP contribution in [0.25, 0.3) is 0 Å². The van der Waals surface area contributed by atoms with Gasteiger partial charge < -0.3 is 21.4 Å². The third-order valence-electron chi connectivity index (χ3n) is 7.04. The number of hydrogen-bond donors (Lipinski definition) is 3. The van der Waals surface area contributed by atoms with E-state index in [1.807, 2.05) is 78.0 Å². The van der Waals surface area contributed by atoms with E-state index < -0.39 is 16.4 Å². The molecule has 2 atom stereocenters. The fourth-order valence-corrected chi connectivity index (χ4v) is 6.33. The van der Waals surface area contributed by atoms with Crippen LogP contribution in [0.15, 0.2) is 90.2 Å². The summed E-state index contributed by atoms with van der Waals surface area (Å²) in [6.07, 6.45) is 7.27. The molecule has 0 spiro atoms. The van der Waals surface area contributed by atoms with Crippen molar-refractivity contribution in [1.82, 2.24) is 24.6 Å². The van der Waals surface area contributed by atoms with Crippen molar-refractivity contribution in [3.63, 3.8) is 0 Å². The Hall–Kier alpha value is -4.19. The number of anilines is 4. The van der Waals surface area contributed by atoms with E-state index in [0.717, 1.165) is 29.8 Å². The smallest absolute Gasteiger partial charge is 0.229 e. The number of carbonyl (C=O) groups excluding carboxylic acids is 1. The molecule has 0 saturated carbocycles. The second-order valence-electron chi connectivity index (χ2n) is 10.0. The van der Waals surface area contributed by atoms with Crippen LogP contribution in [0, 0.1) is 12.3 Å². The van der Waals surface area contributed by atoms with Crippen molar-refractivity contribution in [3.8, 4) is 0 Å². The van der Waals surface area contributed by atoms with Gasteiger partial charge in [0.2, 0.25) is 11.9 Å². The normalized spacial score (nSPS) is 17.6. The Kier molecular flexibility index (Phi) is 9.77. The number of rotatable bonds is 9. The summed E-state index contributed by atoms with van der Waals surface area (Å²) in [7, 11) is 0.253. The summed E-state index contributed by atoms with van der Waals surface area (Å²) >= 11 is 0. The summed E-state index contributed by atoms with van der Waals surface area (Å²) in [5, 5.41) is 9.33. The van der Waals surface area contributed by atoms with Crippen LogP contribution in [0.1, 0.15) is 24.0 Å². The first-order valence-corrected chi connectivity index (χ1v) is 14.4. The zero-order valence-corrected chi connectivity index (χ0v) is 23.9. The molecule has 1 aliphatic rings. The molecule has 0 radical (unpaired) electrons. The Morgan fingerprint density at radius 3 is 2.44 bits per heavy atom. The predicted molar refractivity (Wildman–Crippen MR) is 161 cm³/mol. The molecule has 4 aromatic rings. The third-order valence-corrected chi connectivity index (χ3v) is 8.50. The van der Waals surface area contributed by atoms with E-state index in [4.69, 9.17) is 0 Å². The summed E-state index contributed by atoms with van der Waals surface area (Å²) in [6, 6.07) is 21.2. The lowest BCUT2D eigenvalue weighted by atomic mass is 9.75. The summed E-state index contributed by atoms with van der Waals surface area (Å²) in [5.74, 6) is 1.10. The van der Waals surface area contributed by atoms with Crippen LogP contribution in [0.5, 0.6) is 0 Å². The second-order valence-corrected chi connectivity index (χ2v) is 11.5. The number of amides is 1.